The van der Waals surface area contributed by atoms with Crippen molar-refractivity contribution >= 4 is 27.6 Å². The van der Waals surface area contributed by atoms with Crippen molar-refractivity contribution in [2.45, 2.75) is 6.04 Å². The number of hydrogen-bond acceptors (Lipinski definition) is 4. The molecule has 0 aromatic heterocycles. The topological polar surface area (TPSA) is 52.3 Å². The predicted molar refractivity (Wildman–Crippen MR) is 38.3 cm³/mol. The summed E-state index contributed by atoms with van der Waals surface area (Å²) >= 11 is 0. The van der Waals surface area contributed by atoms with Crippen LogP contribution in [0.3, 0.4) is 0 Å². The zero-order valence-electron chi connectivity index (χ0n) is 4.96. The van der Waals surface area contributed by atoms with E-state index in [4.69, 9.17) is 16.4 Å². The number of nitrogens with two attached hydrogens (primary N) is 1. The molecular weight excluding hydrogens is 162 g/mol. The zero-order chi connectivity index (χ0) is 7.28. The molecule has 0 aliphatic rings. The second-order valence-electron chi connectivity index (χ2n) is 1.41. The molecule has 0 saturated heterocycles. The monoisotopic (exact) mass is 169 g/mol. The van der Waals surface area contributed by atoms with Crippen molar-refractivity contribution in [2.24, 2.45) is 5.73 Å². The van der Waals surface area contributed by atoms with Gasteiger partial charge < -0.3 is 10.5 Å². The predicted octanol–water partition coefficient (Wildman–Crippen LogP) is 0.374. The van der Waals surface area contributed by atoms with Crippen molar-refractivity contribution in [1.82, 2.24) is 0 Å². The molecule has 0 saturated carbocycles. The van der Waals surface area contributed by atoms with Gasteiger partial charge in [-0.05, 0) is 10.7 Å². The quantitative estimate of drug-likeness (QED) is 0.621. The molecule has 0 spiro atoms. The summed E-state index contributed by atoms with van der Waals surface area (Å²) in [4.78, 5) is 10.5. The van der Waals surface area contributed by atoms with E-state index in [1.165, 1.54) is 7.11 Å². The maximum atomic E-state index is 10.5. The number of rotatable bonds is 3. The van der Waals surface area contributed by atoms with Crippen LogP contribution < -0.4 is 5.73 Å². The van der Waals surface area contributed by atoms with Gasteiger partial charge in [0.05, 0.1) is 7.11 Å². The summed E-state index contributed by atoms with van der Waals surface area (Å²) in [6.07, 6.45) is 0. The fourth-order valence-corrected chi connectivity index (χ4v) is 0.966. The first-order valence-corrected chi connectivity index (χ1v) is 4.10. The smallest absolute Gasteiger partial charge is 0.323 e. The molecule has 0 bridgehead atoms. The molecule has 0 rings (SSSR count). The van der Waals surface area contributed by atoms with Crippen molar-refractivity contribution < 1.29 is 9.53 Å². The van der Waals surface area contributed by atoms with Gasteiger partial charge >= 0.3 is 5.97 Å². The van der Waals surface area contributed by atoms with Crippen LogP contribution in [0.25, 0.3) is 0 Å². The lowest BCUT2D eigenvalue weighted by molar-refractivity contribution is -0.141. The van der Waals surface area contributed by atoms with Gasteiger partial charge in [0, 0.05) is 5.75 Å². The first kappa shape index (κ1) is 9.07. The highest BCUT2D eigenvalue weighted by Crippen LogP contribution is 2.06. The Morgan fingerprint density at radius 3 is 2.89 bits per heavy atom. The molecule has 5 heteroatoms. The molecule has 0 aliphatic carbocycles. The molecule has 9 heavy (non-hydrogen) atoms. The van der Waals surface area contributed by atoms with Gasteiger partial charge in [0.2, 0.25) is 0 Å². The number of carbonyl (C=O) groups is 1. The standard InChI is InChI=1S/C4H8ClNO2S/c1-8-4(7)3(6)2-9-5/h3H,2,6H2,1H3. The Morgan fingerprint density at radius 2 is 2.56 bits per heavy atom. The molecule has 0 aromatic rings. The van der Waals surface area contributed by atoms with E-state index in [1.54, 1.807) is 0 Å². The minimum Gasteiger partial charge on any atom is -0.468 e. The lowest BCUT2D eigenvalue weighted by atomic mass is 10.4. The van der Waals surface area contributed by atoms with Crippen molar-refractivity contribution in [3.63, 3.8) is 0 Å². The number of halogens is 1. The highest BCUT2D eigenvalue weighted by molar-refractivity contribution is 8.21. The van der Waals surface area contributed by atoms with Gasteiger partial charge in [-0.15, -0.1) is 0 Å². The Balaban J connectivity index is 3.45. The van der Waals surface area contributed by atoms with E-state index in [2.05, 4.69) is 4.74 Å². The van der Waals surface area contributed by atoms with Crippen LogP contribution in [0.4, 0.5) is 0 Å². The normalized spacial score (nSPS) is 12.8. The Bertz CT molecular complexity index is 101. The van der Waals surface area contributed by atoms with Crippen molar-refractivity contribution in [3.05, 3.63) is 0 Å². The van der Waals surface area contributed by atoms with E-state index in [0.717, 1.165) is 11.0 Å². The van der Waals surface area contributed by atoms with Crippen LogP contribution in [0.1, 0.15) is 0 Å². The lowest BCUT2D eigenvalue weighted by Gasteiger charge is -2.04. The van der Waals surface area contributed by atoms with Crippen LogP contribution in [0, 0.1) is 0 Å². The molecule has 0 aliphatic heterocycles. The number of esters is 1. The molecule has 0 fully saturated rings. The average Bonchev–Trinajstić information content (AvgIpc) is 1.87. The minimum absolute atomic E-state index is 0.383. The van der Waals surface area contributed by atoms with E-state index in [1.807, 2.05) is 0 Å². The molecule has 0 heterocycles. The van der Waals surface area contributed by atoms with Gasteiger partial charge in [0.15, 0.2) is 0 Å². The van der Waals surface area contributed by atoms with Gasteiger partial charge in [-0.25, -0.2) is 0 Å². The van der Waals surface area contributed by atoms with Crippen LogP contribution in [0.5, 0.6) is 0 Å². The summed E-state index contributed by atoms with van der Waals surface area (Å²) in [7, 11) is 7.52. The Labute approximate surface area is 62.4 Å². The van der Waals surface area contributed by atoms with Crippen LogP contribution in [0.2, 0.25) is 0 Å². The van der Waals surface area contributed by atoms with Gasteiger partial charge in [0.25, 0.3) is 0 Å². The summed E-state index contributed by atoms with van der Waals surface area (Å²) in [6.45, 7) is 0. The average molecular weight is 170 g/mol. The van der Waals surface area contributed by atoms with E-state index in [-0.39, 0.29) is 0 Å². The molecular formula is C4H8ClNO2S. The van der Waals surface area contributed by atoms with Crippen LogP contribution in [-0.4, -0.2) is 24.9 Å². The van der Waals surface area contributed by atoms with Gasteiger partial charge in [-0.2, -0.15) is 0 Å². The van der Waals surface area contributed by atoms with Crippen molar-refractivity contribution in [2.75, 3.05) is 12.9 Å². The number of methoxy groups -OCH3 is 1. The zero-order valence-corrected chi connectivity index (χ0v) is 6.54. The fourth-order valence-electron chi connectivity index (χ4n) is 0.287. The molecule has 3 nitrogen and oxygen atoms in total. The maximum Gasteiger partial charge on any atom is 0.323 e. The Hall–Kier alpha value is 0.0700. The summed E-state index contributed by atoms with van der Waals surface area (Å²) in [5.41, 5.74) is 5.26. The van der Waals surface area contributed by atoms with E-state index >= 15 is 0 Å². The minimum atomic E-state index is -0.600. The third-order valence-corrected chi connectivity index (χ3v) is 1.61. The number of ether oxygens (including phenoxy) is 1. The fraction of sp³-hybridized carbons (Fsp3) is 0.750. The first-order chi connectivity index (χ1) is 4.22. The van der Waals surface area contributed by atoms with Crippen molar-refractivity contribution in [1.29, 1.82) is 0 Å². The maximum absolute atomic E-state index is 10.5. The molecule has 1 atom stereocenters. The molecule has 2 N–H and O–H groups in total. The van der Waals surface area contributed by atoms with Crippen LogP contribution in [0.15, 0.2) is 0 Å². The highest BCUT2D eigenvalue weighted by atomic mass is 35.7. The SMILES string of the molecule is COC(=O)C(N)CSCl. The van der Waals surface area contributed by atoms with Crippen LogP contribution >= 0.6 is 21.7 Å². The second kappa shape index (κ2) is 4.90. The van der Waals surface area contributed by atoms with E-state index in [0.29, 0.717) is 5.75 Å². The molecule has 0 amide bonds. The number of carbonyl (C=O) groups excluding carboxylic acids is 1. The summed E-state index contributed by atoms with van der Waals surface area (Å²) in [6, 6.07) is -0.600. The van der Waals surface area contributed by atoms with Gasteiger partial charge in [0.1, 0.15) is 6.04 Å². The highest BCUT2D eigenvalue weighted by Gasteiger charge is 2.11. The number of hydrogen-bond donors (Lipinski definition) is 1. The van der Waals surface area contributed by atoms with E-state index < -0.39 is 12.0 Å². The summed E-state index contributed by atoms with van der Waals surface area (Å²) in [5.74, 6) is -0.0445. The summed E-state index contributed by atoms with van der Waals surface area (Å²) in [5, 5.41) is 0. The van der Waals surface area contributed by atoms with Crippen LogP contribution in [-0.2, 0) is 9.53 Å². The second-order valence-corrected chi connectivity index (χ2v) is 2.61. The molecule has 0 aromatic carbocycles. The first-order valence-electron chi connectivity index (χ1n) is 2.29. The van der Waals surface area contributed by atoms with Gasteiger partial charge in [-0.1, -0.05) is 11.0 Å². The third kappa shape index (κ3) is 3.61. The molecule has 1 unspecified atom stereocenters. The van der Waals surface area contributed by atoms with E-state index in [9.17, 15) is 4.79 Å². The third-order valence-electron chi connectivity index (χ3n) is 0.746. The summed E-state index contributed by atoms with van der Waals surface area (Å²) < 4.78 is 4.33. The molecule has 0 radical (unpaired) electrons. The molecule has 54 valence electrons. The Morgan fingerprint density at radius 1 is 2.00 bits per heavy atom. The van der Waals surface area contributed by atoms with Gasteiger partial charge in [-0.3, -0.25) is 4.79 Å². The Kier molecular flexibility index (Phi) is 4.94. The van der Waals surface area contributed by atoms with Crippen molar-refractivity contribution in [3.8, 4) is 0 Å². The largest absolute Gasteiger partial charge is 0.468 e. The lowest BCUT2D eigenvalue weighted by Crippen LogP contribution is -2.33.